The SMILES string of the molecule is Cn1nccc1-c1coc(C(=O)N[C@H](CN)Cc2ccccc2C(F)(F)F)c1. The molecule has 148 valence electrons. The zero-order chi connectivity index (χ0) is 20.3. The normalized spacial score (nSPS) is 12.8. The summed E-state index contributed by atoms with van der Waals surface area (Å²) in [5.41, 5.74) is 6.43. The first-order valence-corrected chi connectivity index (χ1v) is 8.52. The van der Waals surface area contributed by atoms with Crippen molar-refractivity contribution < 1.29 is 22.4 Å². The molecule has 0 saturated carbocycles. The maximum Gasteiger partial charge on any atom is 0.416 e. The summed E-state index contributed by atoms with van der Waals surface area (Å²) in [5.74, 6) is -0.507. The van der Waals surface area contributed by atoms with Gasteiger partial charge in [0.2, 0.25) is 0 Å². The molecular formula is C19H19F3N4O2. The largest absolute Gasteiger partial charge is 0.458 e. The number of halogens is 3. The van der Waals surface area contributed by atoms with Crippen molar-refractivity contribution in [3.63, 3.8) is 0 Å². The lowest BCUT2D eigenvalue weighted by atomic mass is 9.99. The van der Waals surface area contributed by atoms with E-state index in [9.17, 15) is 18.0 Å². The van der Waals surface area contributed by atoms with E-state index in [1.807, 2.05) is 0 Å². The first-order valence-electron chi connectivity index (χ1n) is 8.52. The Labute approximate surface area is 159 Å². The van der Waals surface area contributed by atoms with Crippen LogP contribution in [0, 0.1) is 0 Å². The minimum atomic E-state index is -4.47. The van der Waals surface area contributed by atoms with Crippen molar-refractivity contribution >= 4 is 5.91 Å². The smallest absolute Gasteiger partial charge is 0.416 e. The van der Waals surface area contributed by atoms with Crippen LogP contribution in [0.1, 0.15) is 21.7 Å². The molecule has 0 unspecified atom stereocenters. The summed E-state index contributed by atoms with van der Waals surface area (Å²) >= 11 is 0. The van der Waals surface area contributed by atoms with Gasteiger partial charge in [0.1, 0.15) is 6.26 Å². The molecule has 28 heavy (non-hydrogen) atoms. The van der Waals surface area contributed by atoms with Crippen LogP contribution in [0.15, 0.2) is 53.3 Å². The van der Waals surface area contributed by atoms with Gasteiger partial charge in [-0.05, 0) is 30.2 Å². The highest BCUT2D eigenvalue weighted by Crippen LogP contribution is 2.32. The zero-order valence-corrected chi connectivity index (χ0v) is 15.0. The van der Waals surface area contributed by atoms with Gasteiger partial charge >= 0.3 is 6.18 Å². The molecule has 3 aromatic rings. The Balaban J connectivity index is 1.73. The van der Waals surface area contributed by atoms with E-state index >= 15 is 0 Å². The van der Waals surface area contributed by atoms with E-state index in [1.165, 1.54) is 24.5 Å². The number of carbonyl (C=O) groups excluding carboxylic acids is 1. The second-order valence-electron chi connectivity index (χ2n) is 6.30. The van der Waals surface area contributed by atoms with Crippen LogP contribution in [-0.4, -0.2) is 28.3 Å². The van der Waals surface area contributed by atoms with Gasteiger partial charge in [-0.3, -0.25) is 9.48 Å². The highest BCUT2D eigenvalue weighted by atomic mass is 19.4. The Morgan fingerprint density at radius 2 is 2.07 bits per heavy atom. The average Bonchev–Trinajstić information content (AvgIpc) is 3.29. The fourth-order valence-corrected chi connectivity index (χ4v) is 2.94. The van der Waals surface area contributed by atoms with Gasteiger partial charge in [0.15, 0.2) is 5.76 Å². The maximum absolute atomic E-state index is 13.2. The lowest BCUT2D eigenvalue weighted by Gasteiger charge is -2.19. The number of alkyl halides is 3. The highest BCUT2D eigenvalue weighted by Gasteiger charge is 2.33. The van der Waals surface area contributed by atoms with Gasteiger partial charge in [-0.25, -0.2) is 0 Å². The first kappa shape index (κ1) is 19.7. The molecule has 0 fully saturated rings. The van der Waals surface area contributed by atoms with Crippen LogP contribution in [0.5, 0.6) is 0 Å². The average molecular weight is 392 g/mol. The van der Waals surface area contributed by atoms with Gasteiger partial charge in [-0.15, -0.1) is 0 Å². The van der Waals surface area contributed by atoms with Crippen LogP contribution in [0.4, 0.5) is 13.2 Å². The van der Waals surface area contributed by atoms with E-state index in [0.717, 1.165) is 11.8 Å². The summed E-state index contributed by atoms with van der Waals surface area (Å²) in [4.78, 5) is 12.4. The van der Waals surface area contributed by atoms with Crippen LogP contribution >= 0.6 is 0 Å². The molecule has 2 aromatic heterocycles. The number of aromatic nitrogens is 2. The Bertz CT molecular complexity index is 962. The van der Waals surface area contributed by atoms with E-state index in [0.29, 0.717) is 5.56 Å². The zero-order valence-electron chi connectivity index (χ0n) is 15.0. The highest BCUT2D eigenvalue weighted by molar-refractivity contribution is 5.93. The summed E-state index contributed by atoms with van der Waals surface area (Å²) < 4.78 is 46.4. The number of nitrogens with zero attached hydrogens (tertiary/aromatic N) is 2. The van der Waals surface area contributed by atoms with E-state index in [1.54, 1.807) is 30.1 Å². The van der Waals surface area contributed by atoms with Gasteiger partial charge in [-0.2, -0.15) is 18.3 Å². The summed E-state index contributed by atoms with van der Waals surface area (Å²) in [6.45, 7) is -0.0206. The molecule has 3 N–H and O–H groups in total. The Kier molecular flexibility index (Phi) is 5.55. The molecule has 0 bridgehead atoms. The molecule has 1 amide bonds. The van der Waals surface area contributed by atoms with Crippen LogP contribution in [0.3, 0.4) is 0 Å². The standard InChI is InChI=1S/C19H19F3N4O2/c1-26-16(6-7-24-26)13-9-17(28-11-13)18(27)25-14(10-23)8-12-4-2-3-5-15(12)19(20,21)22/h2-7,9,11,14H,8,10,23H2,1H3,(H,25,27)/t14-/m0/s1. The third-order valence-electron chi connectivity index (χ3n) is 4.35. The van der Waals surface area contributed by atoms with Crippen molar-refractivity contribution in [1.82, 2.24) is 15.1 Å². The molecule has 2 heterocycles. The molecule has 3 rings (SSSR count). The fraction of sp³-hybridized carbons (Fsp3) is 0.263. The number of benzene rings is 1. The van der Waals surface area contributed by atoms with E-state index in [-0.39, 0.29) is 24.3 Å². The number of hydrogen-bond acceptors (Lipinski definition) is 4. The van der Waals surface area contributed by atoms with Crippen molar-refractivity contribution in [2.45, 2.75) is 18.6 Å². The van der Waals surface area contributed by atoms with Crippen molar-refractivity contribution in [2.24, 2.45) is 12.8 Å². The summed E-state index contributed by atoms with van der Waals surface area (Å²) in [6, 6.07) is 7.87. The molecule has 0 saturated heterocycles. The van der Waals surface area contributed by atoms with Crippen LogP contribution in [0.2, 0.25) is 0 Å². The Morgan fingerprint density at radius 1 is 1.32 bits per heavy atom. The Hall–Kier alpha value is -3.07. The van der Waals surface area contributed by atoms with Gasteiger partial charge in [0.25, 0.3) is 5.91 Å². The molecule has 0 aliphatic rings. The molecule has 0 aliphatic heterocycles. The molecular weight excluding hydrogens is 373 g/mol. The van der Waals surface area contributed by atoms with Crippen LogP contribution < -0.4 is 11.1 Å². The van der Waals surface area contributed by atoms with E-state index in [4.69, 9.17) is 10.2 Å². The molecule has 9 heteroatoms. The third-order valence-corrected chi connectivity index (χ3v) is 4.35. The summed E-state index contributed by atoms with van der Waals surface area (Å²) in [5, 5.41) is 6.69. The number of rotatable bonds is 6. The maximum atomic E-state index is 13.2. The lowest BCUT2D eigenvalue weighted by molar-refractivity contribution is -0.138. The van der Waals surface area contributed by atoms with Crippen LogP contribution in [-0.2, 0) is 19.6 Å². The number of nitrogens with one attached hydrogen (secondary N) is 1. The number of hydrogen-bond donors (Lipinski definition) is 2. The first-order chi connectivity index (χ1) is 13.3. The number of amides is 1. The number of aryl methyl sites for hydroxylation is 1. The van der Waals surface area contributed by atoms with Crippen molar-refractivity contribution in [3.8, 4) is 11.3 Å². The lowest BCUT2D eigenvalue weighted by Crippen LogP contribution is -2.41. The molecule has 6 nitrogen and oxygen atoms in total. The Morgan fingerprint density at radius 3 is 2.71 bits per heavy atom. The van der Waals surface area contributed by atoms with Gasteiger partial charge in [0.05, 0.1) is 11.3 Å². The summed E-state index contributed by atoms with van der Waals surface area (Å²) in [7, 11) is 1.75. The monoisotopic (exact) mass is 392 g/mol. The van der Waals surface area contributed by atoms with Crippen LogP contribution in [0.25, 0.3) is 11.3 Å². The quantitative estimate of drug-likeness (QED) is 0.675. The molecule has 0 radical (unpaired) electrons. The molecule has 1 aromatic carbocycles. The molecule has 0 spiro atoms. The predicted molar refractivity (Wildman–Crippen MR) is 96.4 cm³/mol. The fourth-order valence-electron chi connectivity index (χ4n) is 2.94. The minimum absolute atomic E-state index is 0.0206. The molecule has 0 aliphatic carbocycles. The van der Waals surface area contributed by atoms with Gasteiger partial charge in [0, 0.05) is 31.4 Å². The third kappa shape index (κ3) is 4.25. The predicted octanol–water partition coefficient (Wildman–Crippen LogP) is 3.00. The second kappa shape index (κ2) is 7.89. The number of nitrogens with two attached hydrogens (primary N) is 1. The summed E-state index contributed by atoms with van der Waals surface area (Å²) in [6.07, 6.45) is -1.49. The minimum Gasteiger partial charge on any atom is -0.458 e. The molecule has 1 atom stereocenters. The van der Waals surface area contributed by atoms with Crippen molar-refractivity contribution in [1.29, 1.82) is 0 Å². The van der Waals surface area contributed by atoms with Gasteiger partial charge in [-0.1, -0.05) is 18.2 Å². The van der Waals surface area contributed by atoms with Gasteiger partial charge < -0.3 is 15.5 Å². The van der Waals surface area contributed by atoms with E-state index in [2.05, 4.69) is 10.4 Å². The number of furan rings is 1. The van der Waals surface area contributed by atoms with Crippen molar-refractivity contribution in [3.05, 3.63) is 65.7 Å². The topological polar surface area (TPSA) is 86.1 Å². The number of carbonyl (C=O) groups is 1. The second-order valence-corrected chi connectivity index (χ2v) is 6.30. The van der Waals surface area contributed by atoms with E-state index < -0.39 is 23.7 Å². The van der Waals surface area contributed by atoms with Crippen molar-refractivity contribution in [2.75, 3.05) is 6.54 Å².